The van der Waals surface area contributed by atoms with E-state index >= 15 is 0 Å². The van der Waals surface area contributed by atoms with Gasteiger partial charge in [0.25, 0.3) is 0 Å². The zero-order chi connectivity index (χ0) is 15.2. The number of benzene rings is 2. The first-order valence-corrected chi connectivity index (χ1v) is 6.60. The highest BCUT2D eigenvalue weighted by Gasteiger charge is 1.96. The van der Waals surface area contributed by atoms with Crippen LogP contribution < -0.4 is 11.5 Å². The van der Waals surface area contributed by atoms with E-state index in [0.29, 0.717) is 0 Å². The van der Waals surface area contributed by atoms with Crippen molar-refractivity contribution in [1.29, 1.82) is 10.8 Å². The van der Waals surface area contributed by atoms with E-state index in [4.69, 9.17) is 22.3 Å². The molecule has 0 atom stereocenters. The highest BCUT2D eigenvalue weighted by Crippen LogP contribution is 2.09. The molecule has 0 heterocycles. The van der Waals surface area contributed by atoms with Crippen molar-refractivity contribution in [2.24, 2.45) is 11.5 Å². The summed E-state index contributed by atoms with van der Waals surface area (Å²) >= 11 is 0. The van der Waals surface area contributed by atoms with Gasteiger partial charge in [-0.2, -0.15) is 0 Å². The predicted molar refractivity (Wildman–Crippen MR) is 102 cm³/mol. The van der Waals surface area contributed by atoms with E-state index in [0.717, 1.165) is 28.7 Å². The highest BCUT2D eigenvalue weighted by molar-refractivity contribution is 5.95. The molecule has 0 bridgehead atoms. The van der Waals surface area contributed by atoms with Crippen LogP contribution in [0.5, 0.6) is 0 Å². The van der Waals surface area contributed by atoms with Crippen LogP contribution in [0.1, 0.15) is 22.3 Å². The van der Waals surface area contributed by atoms with Crippen molar-refractivity contribution in [2.45, 2.75) is 6.42 Å². The minimum Gasteiger partial charge on any atom is -0.384 e. The maximum absolute atomic E-state index is 7.34. The van der Waals surface area contributed by atoms with Crippen LogP contribution in [0.2, 0.25) is 0 Å². The van der Waals surface area contributed by atoms with E-state index in [1.165, 1.54) is 0 Å². The molecule has 23 heavy (non-hydrogen) atoms. The Kier molecular flexibility index (Phi) is 8.70. The molecule has 2 aromatic rings. The molecular formula is C17H20Cl2N4. The average molecular weight is 351 g/mol. The molecule has 0 saturated carbocycles. The maximum Gasteiger partial charge on any atom is 0.122 e. The van der Waals surface area contributed by atoms with Crippen molar-refractivity contribution in [3.05, 3.63) is 76.9 Å². The summed E-state index contributed by atoms with van der Waals surface area (Å²) in [7, 11) is 0. The predicted octanol–water partition coefficient (Wildman–Crippen LogP) is 3.35. The van der Waals surface area contributed by atoms with Gasteiger partial charge >= 0.3 is 0 Å². The number of rotatable bonds is 5. The van der Waals surface area contributed by atoms with Gasteiger partial charge in [0.2, 0.25) is 0 Å². The van der Waals surface area contributed by atoms with Crippen molar-refractivity contribution < 1.29 is 0 Å². The Morgan fingerprint density at radius 3 is 1.65 bits per heavy atom. The largest absolute Gasteiger partial charge is 0.384 e. The van der Waals surface area contributed by atoms with Crippen LogP contribution in [0.3, 0.4) is 0 Å². The van der Waals surface area contributed by atoms with Crippen molar-refractivity contribution in [3.63, 3.8) is 0 Å². The van der Waals surface area contributed by atoms with Crippen LogP contribution in [0.4, 0.5) is 0 Å². The maximum atomic E-state index is 7.34. The lowest BCUT2D eigenvalue weighted by Gasteiger charge is -2.01. The number of halogens is 2. The number of nitrogen functional groups attached to an aromatic ring is 2. The molecule has 0 aliphatic carbocycles. The van der Waals surface area contributed by atoms with Gasteiger partial charge in [0.15, 0.2) is 0 Å². The van der Waals surface area contributed by atoms with Gasteiger partial charge in [-0.25, -0.2) is 0 Å². The molecule has 4 nitrogen and oxygen atoms in total. The lowest BCUT2D eigenvalue weighted by molar-refractivity contribution is 1.27. The van der Waals surface area contributed by atoms with Crippen LogP contribution in [0.25, 0.3) is 6.08 Å². The van der Waals surface area contributed by atoms with E-state index in [2.05, 4.69) is 6.08 Å². The van der Waals surface area contributed by atoms with Crippen molar-refractivity contribution >= 4 is 42.6 Å². The van der Waals surface area contributed by atoms with Crippen LogP contribution in [0.15, 0.2) is 54.6 Å². The lowest BCUT2D eigenvalue weighted by atomic mass is 10.1. The molecular weight excluding hydrogens is 331 g/mol. The number of hydrogen-bond donors (Lipinski definition) is 4. The molecule has 0 radical (unpaired) electrons. The zero-order valence-electron chi connectivity index (χ0n) is 12.5. The number of allylic oxidation sites excluding steroid dienone is 1. The SMILES string of the molecule is Cl.Cl.N=C(N)c1ccc(/C=C\Cc2ccc(C(=N)N)cc2)cc1. The molecule has 0 fully saturated rings. The van der Waals surface area contributed by atoms with Crippen LogP contribution >= 0.6 is 24.8 Å². The second-order valence-corrected chi connectivity index (χ2v) is 4.75. The van der Waals surface area contributed by atoms with Crippen LogP contribution in [-0.4, -0.2) is 11.7 Å². The molecule has 0 amide bonds. The fourth-order valence-corrected chi connectivity index (χ4v) is 1.93. The molecule has 2 rings (SSSR count). The molecule has 0 saturated heterocycles. The van der Waals surface area contributed by atoms with Gasteiger partial charge in [0, 0.05) is 11.1 Å². The molecule has 6 heteroatoms. The van der Waals surface area contributed by atoms with Crippen LogP contribution in [-0.2, 0) is 6.42 Å². The lowest BCUT2D eigenvalue weighted by Crippen LogP contribution is -2.10. The van der Waals surface area contributed by atoms with Crippen molar-refractivity contribution in [2.75, 3.05) is 0 Å². The quantitative estimate of drug-likeness (QED) is 0.491. The minimum absolute atomic E-state index is 0. The molecule has 0 aliphatic heterocycles. The number of amidine groups is 2. The fourth-order valence-electron chi connectivity index (χ4n) is 1.93. The molecule has 2 aromatic carbocycles. The Morgan fingerprint density at radius 2 is 1.22 bits per heavy atom. The average Bonchev–Trinajstić information content (AvgIpc) is 2.48. The van der Waals surface area contributed by atoms with Gasteiger partial charge in [-0.1, -0.05) is 60.7 Å². The molecule has 0 aromatic heterocycles. The number of nitrogens with two attached hydrogens (primary N) is 2. The topological polar surface area (TPSA) is 99.7 Å². The third-order valence-corrected chi connectivity index (χ3v) is 3.15. The Labute approximate surface area is 148 Å². The summed E-state index contributed by atoms with van der Waals surface area (Å²) in [5.41, 5.74) is 14.5. The Bertz CT molecular complexity index is 677. The third kappa shape index (κ3) is 6.14. The van der Waals surface area contributed by atoms with Gasteiger partial charge in [-0.3, -0.25) is 10.8 Å². The molecule has 0 aliphatic rings. The Hall–Kier alpha value is -2.30. The first-order valence-electron chi connectivity index (χ1n) is 6.60. The summed E-state index contributed by atoms with van der Waals surface area (Å²) in [6, 6.07) is 15.2. The van der Waals surface area contributed by atoms with Gasteiger partial charge in [-0.15, -0.1) is 24.8 Å². The molecule has 6 N–H and O–H groups in total. The van der Waals surface area contributed by atoms with Gasteiger partial charge < -0.3 is 11.5 Å². The van der Waals surface area contributed by atoms with E-state index < -0.39 is 0 Å². The first kappa shape index (κ1) is 20.7. The highest BCUT2D eigenvalue weighted by atomic mass is 35.5. The van der Waals surface area contributed by atoms with E-state index in [1.807, 2.05) is 54.6 Å². The van der Waals surface area contributed by atoms with E-state index in [1.54, 1.807) is 0 Å². The van der Waals surface area contributed by atoms with E-state index in [-0.39, 0.29) is 36.5 Å². The summed E-state index contributed by atoms with van der Waals surface area (Å²) < 4.78 is 0. The standard InChI is InChI=1S/C17H18N4.2ClH/c18-16(19)14-8-4-12(5-9-14)2-1-3-13-6-10-15(11-7-13)17(20)21;;/h1-2,4-11H,3H2,(H3,18,19)(H3,20,21);2*1H/b2-1-;;. The van der Waals surface area contributed by atoms with Crippen LogP contribution in [0, 0.1) is 10.8 Å². The van der Waals surface area contributed by atoms with Gasteiger partial charge in [0.05, 0.1) is 0 Å². The molecule has 0 spiro atoms. The molecule has 0 unspecified atom stereocenters. The zero-order valence-corrected chi connectivity index (χ0v) is 14.1. The van der Waals surface area contributed by atoms with Crippen molar-refractivity contribution in [1.82, 2.24) is 0 Å². The summed E-state index contributed by atoms with van der Waals surface area (Å²) in [6.45, 7) is 0. The summed E-state index contributed by atoms with van der Waals surface area (Å²) in [6.07, 6.45) is 4.92. The van der Waals surface area contributed by atoms with Gasteiger partial charge in [0.1, 0.15) is 11.7 Å². The Morgan fingerprint density at radius 1 is 0.783 bits per heavy atom. The van der Waals surface area contributed by atoms with Crippen molar-refractivity contribution in [3.8, 4) is 0 Å². The normalized spacial score (nSPS) is 9.74. The van der Waals surface area contributed by atoms with Gasteiger partial charge in [-0.05, 0) is 17.5 Å². The summed E-state index contributed by atoms with van der Waals surface area (Å²) in [5, 5.41) is 14.7. The fraction of sp³-hybridized carbons (Fsp3) is 0.0588. The summed E-state index contributed by atoms with van der Waals surface area (Å²) in [4.78, 5) is 0. The minimum atomic E-state index is 0. The third-order valence-electron chi connectivity index (χ3n) is 3.15. The second-order valence-electron chi connectivity index (χ2n) is 4.75. The number of nitrogens with one attached hydrogen (secondary N) is 2. The second kappa shape index (κ2) is 9.66. The Balaban J connectivity index is 0.00000242. The molecule has 122 valence electrons. The smallest absolute Gasteiger partial charge is 0.122 e. The van der Waals surface area contributed by atoms with E-state index in [9.17, 15) is 0 Å². The monoisotopic (exact) mass is 350 g/mol. The summed E-state index contributed by atoms with van der Waals surface area (Å²) in [5.74, 6) is 0.166. The first-order chi connectivity index (χ1) is 10.1. The number of hydrogen-bond acceptors (Lipinski definition) is 2.